The lowest BCUT2D eigenvalue weighted by atomic mass is 10.1. The van der Waals surface area contributed by atoms with Crippen LogP contribution in [0.3, 0.4) is 0 Å². The predicted octanol–water partition coefficient (Wildman–Crippen LogP) is 3.03. The molecule has 0 amide bonds. The summed E-state index contributed by atoms with van der Waals surface area (Å²) < 4.78 is 12.9. The molecule has 2 N–H and O–H groups in total. The zero-order valence-corrected chi connectivity index (χ0v) is 14.0. The van der Waals surface area contributed by atoms with Gasteiger partial charge in [-0.25, -0.2) is 9.38 Å². The number of nitro benzene ring substituents is 1. The number of nitro groups is 1. The summed E-state index contributed by atoms with van der Waals surface area (Å²) in [5.41, 5.74) is 1.86. The van der Waals surface area contributed by atoms with Crippen molar-refractivity contribution in [1.82, 2.24) is 10.6 Å². The van der Waals surface area contributed by atoms with Crippen molar-refractivity contribution in [3.63, 3.8) is 0 Å². The van der Waals surface area contributed by atoms with Crippen LogP contribution in [-0.4, -0.2) is 24.0 Å². The quantitative estimate of drug-likeness (QED) is 0.350. The fourth-order valence-corrected chi connectivity index (χ4v) is 2.26. The zero-order valence-electron chi connectivity index (χ0n) is 14.0. The molecule has 0 bridgehead atoms. The third-order valence-corrected chi connectivity index (χ3v) is 3.50. The second-order valence-corrected chi connectivity index (χ2v) is 5.43. The van der Waals surface area contributed by atoms with Crippen molar-refractivity contribution < 1.29 is 9.31 Å². The van der Waals surface area contributed by atoms with Crippen LogP contribution in [0, 0.1) is 15.9 Å². The molecule has 0 saturated carbocycles. The van der Waals surface area contributed by atoms with Crippen molar-refractivity contribution in [3.05, 3.63) is 75.6 Å². The van der Waals surface area contributed by atoms with E-state index >= 15 is 0 Å². The Morgan fingerprint density at radius 3 is 2.60 bits per heavy atom. The summed E-state index contributed by atoms with van der Waals surface area (Å²) in [6.45, 7) is 3.65. The molecule has 0 spiro atoms. The Bertz CT molecular complexity index is 732. The number of benzene rings is 2. The molecule has 0 unspecified atom stereocenters. The highest BCUT2D eigenvalue weighted by molar-refractivity contribution is 5.79. The molecule has 0 saturated heterocycles. The van der Waals surface area contributed by atoms with Gasteiger partial charge in [0.2, 0.25) is 0 Å². The topological polar surface area (TPSA) is 79.6 Å². The van der Waals surface area contributed by atoms with Crippen LogP contribution in [0.4, 0.5) is 10.1 Å². The van der Waals surface area contributed by atoms with Crippen molar-refractivity contribution in [3.8, 4) is 0 Å². The Morgan fingerprint density at radius 1 is 1.16 bits per heavy atom. The molecule has 0 aliphatic heterocycles. The molecule has 0 aromatic heterocycles. The lowest BCUT2D eigenvalue weighted by molar-refractivity contribution is -0.384. The van der Waals surface area contributed by atoms with Gasteiger partial charge in [-0.15, -0.1) is 0 Å². The lowest BCUT2D eigenvalue weighted by Crippen LogP contribution is -2.38. The van der Waals surface area contributed by atoms with Gasteiger partial charge in [0.15, 0.2) is 5.96 Å². The molecule has 0 aliphatic carbocycles. The number of hydrogen-bond acceptors (Lipinski definition) is 3. The Labute approximate surface area is 145 Å². The van der Waals surface area contributed by atoms with Crippen molar-refractivity contribution >= 4 is 11.6 Å². The van der Waals surface area contributed by atoms with E-state index < -0.39 is 4.92 Å². The molecule has 0 fully saturated rings. The van der Waals surface area contributed by atoms with E-state index in [1.54, 1.807) is 24.3 Å². The molecule has 0 heterocycles. The van der Waals surface area contributed by atoms with Gasteiger partial charge >= 0.3 is 0 Å². The first-order valence-corrected chi connectivity index (χ1v) is 8.08. The summed E-state index contributed by atoms with van der Waals surface area (Å²) in [6.07, 6.45) is 0.738. The largest absolute Gasteiger partial charge is 0.357 e. The number of rotatable bonds is 7. The number of guanidine groups is 1. The maximum atomic E-state index is 12.9. The Balaban J connectivity index is 1.92. The van der Waals surface area contributed by atoms with E-state index in [1.165, 1.54) is 24.3 Å². The van der Waals surface area contributed by atoms with E-state index in [2.05, 4.69) is 15.6 Å². The summed E-state index contributed by atoms with van der Waals surface area (Å²) >= 11 is 0. The minimum absolute atomic E-state index is 0.0574. The highest BCUT2D eigenvalue weighted by Gasteiger charge is 2.05. The molecule has 0 aliphatic rings. The molecule has 7 heteroatoms. The van der Waals surface area contributed by atoms with Crippen LogP contribution in [0.5, 0.6) is 0 Å². The van der Waals surface area contributed by atoms with Gasteiger partial charge in [-0.1, -0.05) is 24.3 Å². The zero-order chi connectivity index (χ0) is 18.1. The SMILES string of the molecule is CCNC(=NCc1cccc([N+](=O)[O-])c1)NCCc1ccc(F)cc1. The van der Waals surface area contributed by atoms with E-state index in [0.717, 1.165) is 17.5 Å². The van der Waals surface area contributed by atoms with Crippen molar-refractivity contribution in [2.75, 3.05) is 13.1 Å². The van der Waals surface area contributed by atoms with Crippen molar-refractivity contribution in [2.45, 2.75) is 19.9 Å². The second-order valence-electron chi connectivity index (χ2n) is 5.43. The van der Waals surface area contributed by atoms with Gasteiger partial charge in [0, 0.05) is 25.2 Å². The highest BCUT2D eigenvalue weighted by atomic mass is 19.1. The Hall–Kier alpha value is -2.96. The number of aliphatic imine (C=N–C) groups is 1. The molecule has 2 rings (SSSR count). The first-order valence-electron chi connectivity index (χ1n) is 8.08. The fraction of sp³-hybridized carbons (Fsp3) is 0.278. The molecule has 132 valence electrons. The van der Waals surface area contributed by atoms with Gasteiger partial charge in [0.05, 0.1) is 11.5 Å². The minimum atomic E-state index is -0.417. The number of non-ortho nitro benzene ring substituents is 1. The molecule has 6 nitrogen and oxygen atoms in total. The summed E-state index contributed by atoms with van der Waals surface area (Å²) in [7, 11) is 0. The van der Waals surface area contributed by atoms with Gasteiger partial charge in [-0.2, -0.15) is 0 Å². The molecular weight excluding hydrogens is 323 g/mol. The van der Waals surface area contributed by atoms with Crippen molar-refractivity contribution in [1.29, 1.82) is 0 Å². The normalized spacial score (nSPS) is 11.2. The highest BCUT2D eigenvalue weighted by Crippen LogP contribution is 2.13. The molecular formula is C18H21FN4O2. The molecule has 0 atom stereocenters. The first kappa shape index (κ1) is 18.4. The smallest absolute Gasteiger partial charge is 0.269 e. The summed E-state index contributed by atoms with van der Waals surface area (Å²) in [6, 6.07) is 12.8. The first-order chi connectivity index (χ1) is 12.1. The fourth-order valence-electron chi connectivity index (χ4n) is 2.26. The monoisotopic (exact) mass is 344 g/mol. The van der Waals surface area contributed by atoms with Gasteiger partial charge in [-0.05, 0) is 36.6 Å². The number of nitrogens with one attached hydrogen (secondary N) is 2. The van der Waals surface area contributed by atoms with Gasteiger partial charge in [-0.3, -0.25) is 10.1 Å². The number of halogens is 1. The van der Waals surface area contributed by atoms with Crippen LogP contribution >= 0.6 is 0 Å². The number of hydrogen-bond donors (Lipinski definition) is 2. The molecule has 2 aromatic rings. The molecule has 25 heavy (non-hydrogen) atoms. The summed E-state index contributed by atoms with van der Waals surface area (Å²) in [4.78, 5) is 14.8. The van der Waals surface area contributed by atoms with Crippen LogP contribution in [-0.2, 0) is 13.0 Å². The van der Waals surface area contributed by atoms with Gasteiger partial charge < -0.3 is 10.6 Å². The minimum Gasteiger partial charge on any atom is -0.357 e. The van der Waals surface area contributed by atoms with Gasteiger partial charge in [0.25, 0.3) is 5.69 Å². The average Bonchev–Trinajstić information content (AvgIpc) is 2.61. The predicted molar refractivity (Wildman–Crippen MR) is 96.0 cm³/mol. The summed E-state index contributed by atoms with van der Waals surface area (Å²) in [5, 5.41) is 17.1. The van der Waals surface area contributed by atoms with E-state index in [0.29, 0.717) is 25.6 Å². The lowest BCUT2D eigenvalue weighted by Gasteiger charge is -2.11. The molecule has 0 radical (unpaired) electrons. The number of nitrogens with zero attached hydrogens (tertiary/aromatic N) is 2. The van der Waals surface area contributed by atoms with Crippen LogP contribution in [0.25, 0.3) is 0 Å². The summed E-state index contributed by atoms with van der Waals surface area (Å²) in [5.74, 6) is 0.389. The van der Waals surface area contributed by atoms with Crippen LogP contribution in [0.1, 0.15) is 18.1 Å². The van der Waals surface area contributed by atoms with E-state index in [9.17, 15) is 14.5 Å². The maximum Gasteiger partial charge on any atom is 0.269 e. The van der Waals surface area contributed by atoms with Gasteiger partial charge in [0.1, 0.15) is 5.82 Å². The van der Waals surface area contributed by atoms with E-state index in [-0.39, 0.29) is 11.5 Å². The standard InChI is InChI=1S/C18H21FN4O2/c1-2-20-18(21-11-10-14-6-8-16(19)9-7-14)22-13-15-4-3-5-17(12-15)23(24)25/h3-9,12H,2,10-11,13H2,1H3,(H2,20,21,22). The van der Waals surface area contributed by atoms with Crippen LogP contribution < -0.4 is 10.6 Å². The van der Waals surface area contributed by atoms with Crippen LogP contribution in [0.15, 0.2) is 53.5 Å². The Morgan fingerprint density at radius 2 is 1.92 bits per heavy atom. The van der Waals surface area contributed by atoms with E-state index in [4.69, 9.17) is 0 Å². The average molecular weight is 344 g/mol. The molecule has 2 aromatic carbocycles. The van der Waals surface area contributed by atoms with Crippen LogP contribution in [0.2, 0.25) is 0 Å². The second kappa shape index (κ2) is 9.36. The Kier molecular flexibility index (Phi) is 6.88. The van der Waals surface area contributed by atoms with E-state index in [1.807, 2.05) is 6.92 Å². The maximum absolute atomic E-state index is 12.9. The van der Waals surface area contributed by atoms with Crippen molar-refractivity contribution in [2.24, 2.45) is 4.99 Å². The third-order valence-electron chi connectivity index (χ3n) is 3.50. The third kappa shape index (κ3) is 6.21.